The van der Waals surface area contributed by atoms with Crippen molar-refractivity contribution in [2.45, 2.75) is 32.4 Å². The lowest BCUT2D eigenvalue weighted by Gasteiger charge is -2.17. The van der Waals surface area contributed by atoms with E-state index in [9.17, 15) is 4.79 Å². The number of benzene rings is 3. The average molecular weight is 396 g/mol. The monoisotopic (exact) mass is 395 g/mol. The Hall–Kier alpha value is -3.40. The van der Waals surface area contributed by atoms with Gasteiger partial charge in [-0.3, -0.25) is 4.79 Å². The maximum atomic E-state index is 12.8. The number of carbonyl (C=O) groups excluding carboxylic acids is 1. The standard InChI is InChI=1S/C26H25N3O/c1-19-11-13-21(14-12-19)17-29-24-10-6-5-9-23(24)27-26(29)22-15-25(30)28(18-22)16-20-7-3-2-4-8-20/h2-14,22H,15-18H2,1H3/t22-/m1/s1. The first-order chi connectivity index (χ1) is 14.7. The van der Waals surface area contributed by atoms with E-state index in [0.717, 1.165) is 23.4 Å². The predicted octanol–water partition coefficient (Wildman–Crippen LogP) is 4.91. The van der Waals surface area contributed by atoms with Gasteiger partial charge in [-0.05, 0) is 30.2 Å². The first-order valence-corrected chi connectivity index (χ1v) is 10.5. The van der Waals surface area contributed by atoms with E-state index < -0.39 is 0 Å². The van der Waals surface area contributed by atoms with Crippen molar-refractivity contribution in [3.05, 3.63) is 101 Å². The predicted molar refractivity (Wildman–Crippen MR) is 119 cm³/mol. The molecule has 2 heterocycles. The van der Waals surface area contributed by atoms with Crippen LogP contribution in [0.5, 0.6) is 0 Å². The van der Waals surface area contributed by atoms with Gasteiger partial charge in [-0.2, -0.15) is 0 Å². The number of rotatable bonds is 5. The molecule has 1 aromatic heterocycles. The molecule has 4 heteroatoms. The van der Waals surface area contributed by atoms with Crippen molar-refractivity contribution < 1.29 is 4.79 Å². The molecule has 1 saturated heterocycles. The fraction of sp³-hybridized carbons (Fsp3) is 0.231. The Bertz CT molecular complexity index is 1180. The molecule has 4 nitrogen and oxygen atoms in total. The maximum Gasteiger partial charge on any atom is 0.223 e. The fourth-order valence-corrected chi connectivity index (χ4v) is 4.35. The molecule has 0 saturated carbocycles. The summed E-state index contributed by atoms with van der Waals surface area (Å²) >= 11 is 0. The van der Waals surface area contributed by atoms with Crippen LogP contribution in [0.2, 0.25) is 0 Å². The van der Waals surface area contributed by atoms with Crippen LogP contribution in [0.4, 0.5) is 0 Å². The number of amides is 1. The Balaban J connectivity index is 1.46. The maximum absolute atomic E-state index is 12.8. The Morgan fingerprint density at radius 1 is 0.867 bits per heavy atom. The number of hydrogen-bond acceptors (Lipinski definition) is 2. The number of aromatic nitrogens is 2. The van der Waals surface area contributed by atoms with Gasteiger partial charge in [0.2, 0.25) is 5.91 Å². The number of hydrogen-bond donors (Lipinski definition) is 0. The molecule has 0 radical (unpaired) electrons. The molecule has 3 aromatic carbocycles. The van der Waals surface area contributed by atoms with Gasteiger partial charge in [0.15, 0.2) is 0 Å². The van der Waals surface area contributed by atoms with Crippen molar-refractivity contribution in [2.75, 3.05) is 6.54 Å². The highest BCUT2D eigenvalue weighted by molar-refractivity contribution is 5.81. The molecule has 5 rings (SSSR count). The smallest absolute Gasteiger partial charge is 0.223 e. The van der Waals surface area contributed by atoms with E-state index in [-0.39, 0.29) is 11.8 Å². The molecule has 1 fully saturated rings. The summed E-state index contributed by atoms with van der Waals surface area (Å²) in [5, 5.41) is 0. The summed E-state index contributed by atoms with van der Waals surface area (Å²) in [5.41, 5.74) is 5.79. The largest absolute Gasteiger partial charge is 0.338 e. The van der Waals surface area contributed by atoms with Gasteiger partial charge in [-0.25, -0.2) is 4.98 Å². The van der Waals surface area contributed by atoms with Crippen molar-refractivity contribution in [1.82, 2.24) is 14.5 Å². The molecule has 1 atom stereocenters. The summed E-state index contributed by atoms with van der Waals surface area (Å²) in [7, 11) is 0. The highest BCUT2D eigenvalue weighted by Crippen LogP contribution is 2.31. The Kier molecular flexibility index (Phi) is 4.83. The van der Waals surface area contributed by atoms with E-state index >= 15 is 0 Å². The van der Waals surface area contributed by atoms with Gasteiger partial charge in [-0.15, -0.1) is 0 Å². The first kappa shape index (κ1) is 18.6. The molecular formula is C26H25N3O. The molecular weight excluding hydrogens is 370 g/mol. The summed E-state index contributed by atoms with van der Waals surface area (Å²) in [6.07, 6.45) is 0.518. The molecule has 150 valence electrons. The van der Waals surface area contributed by atoms with Crippen LogP contribution in [-0.4, -0.2) is 26.9 Å². The van der Waals surface area contributed by atoms with Crippen LogP contribution in [0.15, 0.2) is 78.9 Å². The molecule has 30 heavy (non-hydrogen) atoms. The molecule has 4 aromatic rings. The van der Waals surface area contributed by atoms with E-state index in [2.05, 4.69) is 66.1 Å². The zero-order valence-corrected chi connectivity index (χ0v) is 17.2. The molecule has 1 aliphatic heterocycles. The Morgan fingerprint density at radius 2 is 1.57 bits per heavy atom. The molecule has 1 aliphatic rings. The number of fused-ring (bicyclic) bond motifs is 1. The van der Waals surface area contributed by atoms with Crippen LogP contribution < -0.4 is 0 Å². The minimum atomic E-state index is 0.110. The molecule has 0 spiro atoms. The summed E-state index contributed by atoms with van der Waals surface area (Å²) in [6, 6.07) is 27.1. The van der Waals surface area contributed by atoms with Gasteiger partial charge in [0.05, 0.1) is 11.0 Å². The van der Waals surface area contributed by atoms with Gasteiger partial charge in [0.1, 0.15) is 5.82 Å². The van der Waals surface area contributed by atoms with Crippen molar-refractivity contribution in [3.8, 4) is 0 Å². The zero-order valence-electron chi connectivity index (χ0n) is 17.2. The number of likely N-dealkylation sites (tertiary alicyclic amines) is 1. The topological polar surface area (TPSA) is 38.1 Å². The molecule has 0 N–H and O–H groups in total. The van der Waals surface area contributed by atoms with Crippen molar-refractivity contribution in [1.29, 1.82) is 0 Å². The van der Waals surface area contributed by atoms with Crippen molar-refractivity contribution in [3.63, 3.8) is 0 Å². The molecule has 0 unspecified atom stereocenters. The van der Waals surface area contributed by atoms with Gasteiger partial charge >= 0.3 is 0 Å². The second-order valence-electron chi connectivity index (χ2n) is 8.19. The number of aryl methyl sites for hydroxylation is 1. The number of imidazole rings is 1. The lowest BCUT2D eigenvalue weighted by Crippen LogP contribution is -2.24. The van der Waals surface area contributed by atoms with Gasteiger partial charge < -0.3 is 9.47 Å². The highest BCUT2D eigenvalue weighted by Gasteiger charge is 2.34. The Morgan fingerprint density at radius 3 is 2.37 bits per heavy atom. The quantitative estimate of drug-likeness (QED) is 0.482. The van der Waals surface area contributed by atoms with Crippen LogP contribution in [0.3, 0.4) is 0 Å². The third-order valence-electron chi connectivity index (χ3n) is 5.94. The number of para-hydroxylation sites is 2. The van der Waals surface area contributed by atoms with E-state index in [1.54, 1.807) is 0 Å². The van der Waals surface area contributed by atoms with Crippen LogP contribution >= 0.6 is 0 Å². The first-order valence-electron chi connectivity index (χ1n) is 10.5. The number of nitrogens with zero attached hydrogens (tertiary/aromatic N) is 3. The van der Waals surface area contributed by atoms with Crippen LogP contribution in [0.25, 0.3) is 11.0 Å². The second kappa shape index (κ2) is 7.79. The highest BCUT2D eigenvalue weighted by atomic mass is 16.2. The minimum Gasteiger partial charge on any atom is -0.338 e. The fourth-order valence-electron chi connectivity index (χ4n) is 4.35. The lowest BCUT2D eigenvalue weighted by molar-refractivity contribution is -0.128. The second-order valence-corrected chi connectivity index (χ2v) is 8.19. The summed E-state index contributed by atoms with van der Waals surface area (Å²) in [4.78, 5) is 19.7. The number of carbonyl (C=O) groups is 1. The summed E-state index contributed by atoms with van der Waals surface area (Å²) in [5.74, 6) is 1.33. The van der Waals surface area contributed by atoms with Gasteiger partial charge in [0.25, 0.3) is 0 Å². The summed E-state index contributed by atoms with van der Waals surface area (Å²) < 4.78 is 2.30. The SMILES string of the molecule is Cc1ccc(Cn2c([C@@H]3CC(=O)N(Cc4ccccc4)C3)nc3ccccc32)cc1. The van der Waals surface area contributed by atoms with Gasteiger partial charge in [-0.1, -0.05) is 72.3 Å². The van der Waals surface area contributed by atoms with E-state index in [4.69, 9.17) is 4.98 Å². The van der Waals surface area contributed by atoms with E-state index in [1.807, 2.05) is 29.2 Å². The normalized spacial score (nSPS) is 16.5. The Labute approximate surface area is 176 Å². The van der Waals surface area contributed by atoms with E-state index in [1.165, 1.54) is 16.7 Å². The zero-order chi connectivity index (χ0) is 20.5. The van der Waals surface area contributed by atoms with Crippen molar-refractivity contribution in [2.24, 2.45) is 0 Å². The molecule has 0 aliphatic carbocycles. The minimum absolute atomic E-state index is 0.110. The van der Waals surface area contributed by atoms with Crippen LogP contribution in [-0.2, 0) is 17.9 Å². The van der Waals surface area contributed by atoms with Crippen molar-refractivity contribution >= 4 is 16.9 Å². The lowest BCUT2D eigenvalue weighted by atomic mass is 10.1. The van der Waals surface area contributed by atoms with Gasteiger partial charge in [0, 0.05) is 32.0 Å². The average Bonchev–Trinajstić information content (AvgIpc) is 3.31. The van der Waals surface area contributed by atoms with Crippen LogP contribution in [0, 0.1) is 6.92 Å². The summed E-state index contributed by atoms with van der Waals surface area (Å²) in [6.45, 7) is 4.24. The molecule has 0 bridgehead atoms. The van der Waals surface area contributed by atoms with E-state index in [0.29, 0.717) is 19.5 Å². The third kappa shape index (κ3) is 3.61. The molecule has 1 amide bonds. The van der Waals surface area contributed by atoms with Crippen LogP contribution in [0.1, 0.15) is 34.9 Å². The third-order valence-corrected chi connectivity index (χ3v) is 5.94.